The Morgan fingerprint density at radius 3 is 2.44 bits per heavy atom. The highest BCUT2D eigenvalue weighted by Crippen LogP contribution is 2.25. The number of Topliss-reactive ketones (excluding diaryl/α,β-unsaturated/α-hetero) is 1. The Balaban J connectivity index is 1.59. The number of ketones is 1. The molecule has 1 unspecified atom stereocenters. The van der Waals surface area contributed by atoms with Gasteiger partial charge in [-0.2, -0.15) is 0 Å². The number of carbonyl (C=O) groups is 1. The molecule has 1 fully saturated rings. The molecule has 2 aromatic carbocycles. The van der Waals surface area contributed by atoms with Crippen molar-refractivity contribution in [2.75, 3.05) is 24.5 Å². The molecule has 1 aliphatic rings. The van der Waals surface area contributed by atoms with Crippen molar-refractivity contribution in [3.8, 4) is 0 Å². The van der Waals surface area contributed by atoms with Gasteiger partial charge in [-0.05, 0) is 68.5 Å². The highest BCUT2D eigenvalue weighted by molar-refractivity contribution is 7.89. The molecule has 2 aromatic rings. The summed E-state index contributed by atoms with van der Waals surface area (Å²) in [6.07, 6.45) is 0.957. The fourth-order valence-corrected chi connectivity index (χ4v) is 4.45. The van der Waals surface area contributed by atoms with Crippen LogP contribution >= 0.6 is 0 Å². The monoisotopic (exact) mass is 386 g/mol. The molecular formula is C21H26N2O3S. The van der Waals surface area contributed by atoms with Crippen molar-refractivity contribution in [1.29, 1.82) is 0 Å². The quantitative estimate of drug-likeness (QED) is 0.774. The fraction of sp³-hybridized carbons (Fsp3) is 0.381. The second-order valence-electron chi connectivity index (χ2n) is 7.30. The molecule has 144 valence electrons. The van der Waals surface area contributed by atoms with Gasteiger partial charge in [0.1, 0.15) is 0 Å². The lowest BCUT2D eigenvalue weighted by molar-refractivity contribution is 0.101. The SMILES string of the molecule is CC(=O)c1ccc(S(=O)(=O)NCC2CCN(c3ccc(C)c(C)c3)C2)cc1. The molecule has 3 rings (SSSR count). The minimum atomic E-state index is -3.56. The maximum absolute atomic E-state index is 12.5. The molecular weight excluding hydrogens is 360 g/mol. The van der Waals surface area contributed by atoms with Gasteiger partial charge in [-0.1, -0.05) is 18.2 Å². The fourth-order valence-electron chi connectivity index (χ4n) is 3.34. The van der Waals surface area contributed by atoms with E-state index in [2.05, 4.69) is 41.7 Å². The van der Waals surface area contributed by atoms with Crippen molar-refractivity contribution in [3.05, 3.63) is 59.2 Å². The number of rotatable bonds is 6. The van der Waals surface area contributed by atoms with Gasteiger partial charge in [0.15, 0.2) is 5.78 Å². The number of nitrogens with one attached hydrogen (secondary N) is 1. The van der Waals surface area contributed by atoms with E-state index in [-0.39, 0.29) is 16.6 Å². The number of nitrogens with zero attached hydrogens (tertiary/aromatic N) is 1. The zero-order valence-electron chi connectivity index (χ0n) is 16.0. The van der Waals surface area contributed by atoms with E-state index in [4.69, 9.17) is 0 Å². The van der Waals surface area contributed by atoms with Gasteiger partial charge in [-0.3, -0.25) is 4.79 Å². The Kier molecular flexibility index (Phi) is 5.67. The number of hydrogen-bond acceptors (Lipinski definition) is 4. The van der Waals surface area contributed by atoms with Crippen molar-refractivity contribution in [3.63, 3.8) is 0 Å². The maximum atomic E-state index is 12.5. The Morgan fingerprint density at radius 2 is 1.81 bits per heavy atom. The van der Waals surface area contributed by atoms with E-state index in [1.807, 2.05) is 0 Å². The molecule has 0 amide bonds. The first kappa shape index (κ1) is 19.6. The summed E-state index contributed by atoms with van der Waals surface area (Å²) in [5.41, 5.74) is 4.25. The first-order chi connectivity index (χ1) is 12.8. The molecule has 1 atom stereocenters. The molecule has 0 spiro atoms. The lowest BCUT2D eigenvalue weighted by Crippen LogP contribution is -2.31. The van der Waals surface area contributed by atoms with E-state index >= 15 is 0 Å². The van der Waals surface area contributed by atoms with E-state index in [9.17, 15) is 13.2 Å². The summed E-state index contributed by atoms with van der Waals surface area (Å²) in [6, 6.07) is 12.5. The van der Waals surface area contributed by atoms with E-state index in [0.717, 1.165) is 19.5 Å². The van der Waals surface area contributed by atoms with Crippen LogP contribution in [-0.4, -0.2) is 33.8 Å². The van der Waals surface area contributed by atoms with Gasteiger partial charge < -0.3 is 4.90 Å². The highest BCUT2D eigenvalue weighted by atomic mass is 32.2. The van der Waals surface area contributed by atoms with Gasteiger partial charge in [0.2, 0.25) is 10.0 Å². The van der Waals surface area contributed by atoms with Crippen molar-refractivity contribution in [1.82, 2.24) is 4.72 Å². The molecule has 1 heterocycles. The molecule has 0 saturated carbocycles. The van der Waals surface area contributed by atoms with Gasteiger partial charge in [0.25, 0.3) is 0 Å². The average Bonchev–Trinajstić information content (AvgIpc) is 3.11. The number of sulfonamides is 1. The van der Waals surface area contributed by atoms with Crippen molar-refractivity contribution in [2.45, 2.75) is 32.1 Å². The minimum Gasteiger partial charge on any atom is -0.371 e. The average molecular weight is 387 g/mol. The summed E-state index contributed by atoms with van der Waals surface area (Å²) in [7, 11) is -3.56. The van der Waals surface area contributed by atoms with E-state index < -0.39 is 10.0 Å². The third-order valence-corrected chi connectivity index (χ3v) is 6.71. The zero-order valence-corrected chi connectivity index (χ0v) is 16.8. The van der Waals surface area contributed by atoms with Crippen LogP contribution in [0.25, 0.3) is 0 Å². The predicted octanol–water partition coefficient (Wildman–Crippen LogP) is 3.31. The van der Waals surface area contributed by atoms with E-state index in [1.165, 1.54) is 35.9 Å². The number of carbonyl (C=O) groups excluding carboxylic acids is 1. The molecule has 1 N–H and O–H groups in total. The van der Waals surface area contributed by atoms with E-state index in [0.29, 0.717) is 12.1 Å². The molecule has 1 aliphatic heterocycles. The van der Waals surface area contributed by atoms with Crippen molar-refractivity contribution < 1.29 is 13.2 Å². The summed E-state index contributed by atoms with van der Waals surface area (Å²) >= 11 is 0. The maximum Gasteiger partial charge on any atom is 0.240 e. The molecule has 5 nitrogen and oxygen atoms in total. The summed E-state index contributed by atoms with van der Waals surface area (Å²) in [5, 5.41) is 0. The van der Waals surface area contributed by atoms with E-state index in [1.54, 1.807) is 12.1 Å². The van der Waals surface area contributed by atoms with Crippen LogP contribution in [0.15, 0.2) is 47.4 Å². The first-order valence-corrected chi connectivity index (χ1v) is 10.7. The first-order valence-electron chi connectivity index (χ1n) is 9.19. The lowest BCUT2D eigenvalue weighted by Gasteiger charge is -2.20. The normalized spacial score (nSPS) is 17.3. The Morgan fingerprint density at radius 1 is 1.11 bits per heavy atom. The van der Waals surface area contributed by atoms with Crippen molar-refractivity contribution >= 4 is 21.5 Å². The van der Waals surface area contributed by atoms with Crippen LogP contribution in [0.4, 0.5) is 5.69 Å². The van der Waals surface area contributed by atoms with Gasteiger partial charge in [-0.25, -0.2) is 13.1 Å². The topological polar surface area (TPSA) is 66.5 Å². The zero-order chi connectivity index (χ0) is 19.6. The van der Waals surface area contributed by atoms with Crippen LogP contribution in [0.5, 0.6) is 0 Å². The largest absolute Gasteiger partial charge is 0.371 e. The van der Waals surface area contributed by atoms with Crippen LogP contribution < -0.4 is 9.62 Å². The Labute approximate surface area is 161 Å². The molecule has 1 saturated heterocycles. The third-order valence-electron chi connectivity index (χ3n) is 5.27. The number of aryl methyl sites for hydroxylation is 2. The molecule has 0 bridgehead atoms. The molecule has 0 aliphatic carbocycles. The van der Waals surface area contributed by atoms with Crippen LogP contribution in [0.3, 0.4) is 0 Å². The number of anilines is 1. The second kappa shape index (κ2) is 7.82. The van der Waals surface area contributed by atoms with Crippen LogP contribution in [-0.2, 0) is 10.0 Å². The summed E-state index contributed by atoms with van der Waals surface area (Å²) in [5.74, 6) is 0.196. The standard InChI is InChI=1S/C21H26N2O3S/c1-15-4-7-20(12-16(15)2)23-11-10-18(14-23)13-22-27(25,26)21-8-5-19(6-9-21)17(3)24/h4-9,12,18,22H,10-11,13-14H2,1-3H3. The highest BCUT2D eigenvalue weighted by Gasteiger charge is 2.25. The molecule has 27 heavy (non-hydrogen) atoms. The van der Waals surface area contributed by atoms with Crippen LogP contribution in [0, 0.1) is 19.8 Å². The minimum absolute atomic E-state index is 0.0794. The van der Waals surface area contributed by atoms with Gasteiger partial charge >= 0.3 is 0 Å². The predicted molar refractivity (Wildman–Crippen MR) is 108 cm³/mol. The van der Waals surface area contributed by atoms with Crippen LogP contribution in [0.2, 0.25) is 0 Å². The summed E-state index contributed by atoms with van der Waals surface area (Å²) in [6.45, 7) is 7.86. The molecule has 0 radical (unpaired) electrons. The molecule has 0 aromatic heterocycles. The number of hydrogen-bond donors (Lipinski definition) is 1. The van der Waals surface area contributed by atoms with Gasteiger partial charge in [0.05, 0.1) is 4.90 Å². The Hall–Kier alpha value is -2.18. The smallest absolute Gasteiger partial charge is 0.240 e. The third kappa shape index (κ3) is 4.57. The van der Waals surface area contributed by atoms with Gasteiger partial charge in [-0.15, -0.1) is 0 Å². The summed E-state index contributed by atoms with van der Waals surface area (Å²) < 4.78 is 27.7. The number of benzene rings is 2. The lowest BCUT2D eigenvalue weighted by atomic mass is 10.1. The van der Waals surface area contributed by atoms with Crippen LogP contribution in [0.1, 0.15) is 34.8 Å². The summed E-state index contributed by atoms with van der Waals surface area (Å²) in [4.78, 5) is 13.8. The molecule has 6 heteroatoms. The van der Waals surface area contributed by atoms with Gasteiger partial charge in [0, 0.05) is 30.9 Å². The Bertz CT molecular complexity index is 936. The van der Waals surface area contributed by atoms with Crippen molar-refractivity contribution in [2.24, 2.45) is 5.92 Å². The second-order valence-corrected chi connectivity index (χ2v) is 9.07.